The van der Waals surface area contributed by atoms with Gasteiger partial charge in [0.2, 0.25) is 0 Å². The van der Waals surface area contributed by atoms with Gasteiger partial charge in [0, 0.05) is 17.3 Å². The highest BCUT2D eigenvalue weighted by Gasteiger charge is 2.19. The Morgan fingerprint density at radius 1 is 1.06 bits per heavy atom. The molecule has 31 heavy (non-hydrogen) atoms. The topological polar surface area (TPSA) is 52.7 Å². The highest BCUT2D eigenvalue weighted by molar-refractivity contribution is 7.98. The van der Waals surface area contributed by atoms with Gasteiger partial charge >= 0.3 is 0 Å². The number of nitrogens with zero attached hydrogens (tertiary/aromatic N) is 4. The fraction of sp³-hybridized carbons (Fsp3) is 0.292. The van der Waals surface area contributed by atoms with Crippen LogP contribution in [0.15, 0.2) is 52.4 Å². The second kappa shape index (κ2) is 8.89. The normalized spacial score (nSPS) is 11.4. The molecule has 2 aromatic heterocycles. The lowest BCUT2D eigenvalue weighted by molar-refractivity contribution is 0.636. The molecule has 5 nitrogen and oxygen atoms in total. The third kappa shape index (κ3) is 4.27. The third-order valence-electron chi connectivity index (χ3n) is 5.43. The van der Waals surface area contributed by atoms with Crippen molar-refractivity contribution in [3.63, 3.8) is 0 Å². The number of thioether (sulfide) groups is 1. The molecule has 0 aliphatic rings. The zero-order valence-corrected chi connectivity index (χ0v) is 19.7. The first kappa shape index (κ1) is 21.7. The minimum Gasteiger partial charge on any atom is -0.281 e. The summed E-state index contributed by atoms with van der Waals surface area (Å²) in [4.78, 5) is 18.5. The Labute approximate surface area is 191 Å². The Morgan fingerprint density at radius 2 is 1.84 bits per heavy atom. The van der Waals surface area contributed by atoms with Crippen LogP contribution in [-0.4, -0.2) is 19.3 Å². The molecule has 0 aliphatic carbocycles. The quantitative estimate of drug-likeness (QED) is 0.285. The van der Waals surface area contributed by atoms with Crippen LogP contribution < -0.4 is 5.56 Å². The number of benzene rings is 2. The number of aryl methyl sites for hydroxylation is 4. The number of rotatable bonds is 6. The lowest BCUT2D eigenvalue weighted by Crippen LogP contribution is -2.25. The van der Waals surface area contributed by atoms with Crippen LogP contribution in [0.5, 0.6) is 0 Å². The second-order valence-corrected chi connectivity index (χ2v) is 9.04. The van der Waals surface area contributed by atoms with Crippen molar-refractivity contribution in [3.8, 4) is 0 Å². The number of hydrogen-bond acceptors (Lipinski definition) is 4. The molecule has 0 atom stereocenters. The molecule has 7 heteroatoms. The van der Waals surface area contributed by atoms with Crippen LogP contribution in [0.2, 0.25) is 5.02 Å². The molecular formula is C24H25ClN4OS. The molecule has 4 aromatic rings. The van der Waals surface area contributed by atoms with Gasteiger partial charge in [-0.3, -0.25) is 14.0 Å². The predicted octanol–water partition coefficient (Wildman–Crippen LogP) is 5.53. The van der Waals surface area contributed by atoms with Crippen molar-refractivity contribution < 1.29 is 0 Å². The number of fused-ring (bicyclic) bond motifs is 1. The minimum absolute atomic E-state index is 0.0872. The molecular weight excluding hydrogens is 428 g/mol. The molecule has 160 valence electrons. The molecule has 0 radical (unpaired) electrons. The standard InChI is InChI=1S/C24H25ClN4OS/c1-5-29-22-21(17(4)27-29)26-24(31-14-19-12-15(2)10-11-16(19)3)28(23(22)30)13-18-8-6-7-9-20(18)25/h6-12H,5,13-14H2,1-4H3. The molecule has 0 bridgehead atoms. The first-order valence-corrected chi connectivity index (χ1v) is 11.7. The predicted molar refractivity (Wildman–Crippen MR) is 128 cm³/mol. The summed E-state index contributed by atoms with van der Waals surface area (Å²) in [5, 5.41) is 5.84. The Kier molecular flexibility index (Phi) is 6.21. The van der Waals surface area contributed by atoms with Crippen LogP contribution in [-0.2, 0) is 18.8 Å². The van der Waals surface area contributed by atoms with E-state index < -0.39 is 0 Å². The summed E-state index contributed by atoms with van der Waals surface area (Å²) in [6, 6.07) is 14.1. The maximum absolute atomic E-state index is 13.6. The number of halogens is 1. The fourth-order valence-corrected chi connectivity index (χ4v) is 4.91. The van der Waals surface area contributed by atoms with Crippen molar-refractivity contribution in [2.24, 2.45) is 0 Å². The maximum atomic E-state index is 13.6. The van der Waals surface area contributed by atoms with E-state index in [9.17, 15) is 4.79 Å². The summed E-state index contributed by atoms with van der Waals surface area (Å²) in [6.45, 7) is 9.06. The summed E-state index contributed by atoms with van der Waals surface area (Å²) in [5.41, 5.74) is 6.48. The smallest absolute Gasteiger partial charge is 0.280 e. The molecule has 4 rings (SSSR count). The van der Waals surface area contributed by atoms with E-state index in [0.29, 0.717) is 34.3 Å². The van der Waals surface area contributed by atoms with Gasteiger partial charge in [0.1, 0.15) is 5.52 Å². The highest BCUT2D eigenvalue weighted by Crippen LogP contribution is 2.27. The van der Waals surface area contributed by atoms with Gasteiger partial charge in [-0.05, 0) is 50.5 Å². The summed E-state index contributed by atoms with van der Waals surface area (Å²) in [6.07, 6.45) is 0. The van der Waals surface area contributed by atoms with Crippen LogP contribution in [0.25, 0.3) is 11.0 Å². The number of hydrogen-bond donors (Lipinski definition) is 0. The van der Waals surface area contributed by atoms with Crippen molar-refractivity contribution in [1.29, 1.82) is 0 Å². The van der Waals surface area contributed by atoms with Gasteiger partial charge in [-0.25, -0.2) is 4.98 Å². The van der Waals surface area contributed by atoms with E-state index in [-0.39, 0.29) is 5.56 Å². The lowest BCUT2D eigenvalue weighted by atomic mass is 10.1. The van der Waals surface area contributed by atoms with E-state index in [4.69, 9.17) is 16.6 Å². The average molecular weight is 453 g/mol. The van der Waals surface area contributed by atoms with Gasteiger partial charge in [-0.2, -0.15) is 5.10 Å². The summed E-state index contributed by atoms with van der Waals surface area (Å²) in [7, 11) is 0. The van der Waals surface area contributed by atoms with Crippen molar-refractivity contribution in [1.82, 2.24) is 19.3 Å². The molecule has 0 aliphatic heterocycles. The first-order valence-electron chi connectivity index (χ1n) is 10.3. The summed E-state index contributed by atoms with van der Waals surface area (Å²) >= 11 is 7.99. The Bertz CT molecular complexity index is 1330. The Morgan fingerprint density at radius 3 is 2.58 bits per heavy atom. The molecule has 2 heterocycles. The van der Waals surface area contributed by atoms with Crippen LogP contribution in [0.1, 0.15) is 34.9 Å². The Balaban J connectivity index is 1.83. The second-order valence-electron chi connectivity index (χ2n) is 7.69. The molecule has 0 N–H and O–H groups in total. The largest absolute Gasteiger partial charge is 0.281 e. The SMILES string of the molecule is CCn1nc(C)c2nc(SCc3cc(C)ccc3C)n(Cc3ccccc3Cl)c(=O)c21. The summed E-state index contributed by atoms with van der Waals surface area (Å²) < 4.78 is 3.47. The zero-order chi connectivity index (χ0) is 22.1. The maximum Gasteiger partial charge on any atom is 0.280 e. The van der Waals surface area contributed by atoms with Crippen molar-refractivity contribution in [2.75, 3.05) is 0 Å². The van der Waals surface area contributed by atoms with E-state index in [0.717, 1.165) is 17.0 Å². The molecule has 0 unspecified atom stereocenters. The fourth-order valence-electron chi connectivity index (χ4n) is 3.66. The lowest BCUT2D eigenvalue weighted by Gasteiger charge is -2.14. The summed E-state index contributed by atoms with van der Waals surface area (Å²) in [5.74, 6) is 0.731. The first-order chi connectivity index (χ1) is 14.9. The molecule has 0 spiro atoms. The third-order valence-corrected chi connectivity index (χ3v) is 6.82. The van der Waals surface area contributed by atoms with Gasteiger partial charge < -0.3 is 0 Å². The van der Waals surface area contributed by atoms with Crippen LogP contribution in [0.4, 0.5) is 0 Å². The van der Waals surface area contributed by atoms with Crippen LogP contribution >= 0.6 is 23.4 Å². The van der Waals surface area contributed by atoms with Gasteiger partial charge in [0.25, 0.3) is 5.56 Å². The van der Waals surface area contributed by atoms with Crippen molar-refractivity contribution in [3.05, 3.63) is 85.8 Å². The van der Waals surface area contributed by atoms with E-state index in [1.807, 2.05) is 38.1 Å². The van der Waals surface area contributed by atoms with Gasteiger partial charge in [-0.15, -0.1) is 0 Å². The Hall–Kier alpha value is -2.57. The van der Waals surface area contributed by atoms with E-state index in [1.165, 1.54) is 16.7 Å². The van der Waals surface area contributed by atoms with Crippen molar-refractivity contribution in [2.45, 2.75) is 51.7 Å². The van der Waals surface area contributed by atoms with Gasteiger partial charge in [0.05, 0.1) is 12.2 Å². The van der Waals surface area contributed by atoms with E-state index in [2.05, 4.69) is 37.1 Å². The highest BCUT2D eigenvalue weighted by atomic mass is 35.5. The van der Waals surface area contributed by atoms with E-state index in [1.54, 1.807) is 21.0 Å². The molecule has 0 saturated carbocycles. The van der Waals surface area contributed by atoms with Crippen LogP contribution in [0.3, 0.4) is 0 Å². The van der Waals surface area contributed by atoms with Crippen LogP contribution in [0, 0.1) is 20.8 Å². The van der Waals surface area contributed by atoms with E-state index >= 15 is 0 Å². The minimum atomic E-state index is -0.0872. The monoisotopic (exact) mass is 452 g/mol. The zero-order valence-electron chi connectivity index (χ0n) is 18.1. The van der Waals surface area contributed by atoms with Gasteiger partial charge in [0.15, 0.2) is 10.7 Å². The number of aromatic nitrogens is 4. The molecule has 0 amide bonds. The van der Waals surface area contributed by atoms with Crippen molar-refractivity contribution >= 4 is 34.4 Å². The molecule has 2 aromatic carbocycles. The average Bonchev–Trinajstić information content (AvgIpc) is 3.08. The van der Waals surface area contributed by atoms with Gasteiger partial charge in [-0.1, -0.05) is 65.3 Å². The molecule has 0 fully saturated rings. The molecule has 0 saturated heterocycles.